The maximum absolute atomic E-state index is 11.1. The third-order valence-corrected chi connectivity index (χ3v) is 6.33. The molecule has 0 unspecified atom stereocenters. The van der Waals surface area contributed by atoms with Crippen molar-refractivity contribution in [3.8, 4) is 21.9 Å². The molecule has 0 atom stereocenters. The van der Waals surface area contributed by atoms with Crippen LogP contribution in [0.1, 0.15) is 25.3 Å². The largest absolute Gasteiger partial charge is 0.506 e. The van der Waals surface area contributed by atoms with E-state index in [-0.39, 0.29) is 11.7 Å². The van der Waals surface area contributed by atoms with Gasteiger partial charge in [-0.1, -0.05) is 0 Å². The van der Waals surface area contributed by atoms with Crippen LogP contribution in [0.5, 0.6) is 11.5 Å². The van der Waals surface area contributed by atoms with E-state index in [2.05, 4.69) is 10.5 Å². The number of aliphatic carboxylic acids is 1. The standard InChI is InChI=1S/C20H23N3O4S2/c1-12(21-22-20(28)23-9-7-14(8-10-23)19(25)26)16-11-29-18(17(16)24)13-3-5-15(27-2)6-4-13/h3-6,11,14,24H,7-10H2,1-2H3,(H,22,28)(H,25,26)/b21-12+. The molecule has 0 amide bonds. The Balaban J connectivity index is 1.65. The third kappa shape index (κ3) is 4.86. The number of ether oxygens (including phenoxy) is 1. The molecule has 7 nitrogen and oxygen atoms in total. The molecule has 2 heterocycles. The highest BCUT2D eigenvalue weighted by Gasteiger charge is 2.25. The van der Waals surface area contributed by atoms with Gasteiger partial charge in [0.25, 0.3) is 0 Å². The molecule has 9 heteroatoms. The highest BCUT2D eigenvalue weighted by Crippen LogP contribution is 2.39. The van der Waals surface area contributed by atoms with Gasteiger partial charge in [-0.25, -0.2) is 0 Å². The van der Waals surface area contributed by atoms with Gasteiger partial charge in [-0.2, -0.15) is 5.10 Å². The average Bonchev–Trinajstić information content (AvgIpc) is 3.13. The van der Waals surface area contributed by atoms with Crippen molar-refractivity contribution in [3.05, 3.63) is 35.2 Å². The Labute approximate surface area is 178 Å². The lowest BCUT2D eigenvalue weighted by atomic mass is 9.97. The van der Waals surface area contributed by atoms with Crippen molar-refractivity contribution in [1.29, 1.82) is 0 Å². The second-order valence-electron chi connectivity index (χ2n) is 6.77. The van der Waals surface area contributed by atoms with E-state index in [9.17, 15) is 9.90 Å². The van der Waals surface area contributed by atoms with Gasteiger partial charge in [-0.15, -0.1) is 11.3 Å². The summed E-state index contributed by atoms with van der Waals surface area (Å²) in [4.78, 5) is 13.7. The van der Waals surface area contributed by atoms with Crippen molar-refractivity contribution < 1.29 is 19.7 Å². The zero-order valence-electron chi connectivity index (χ0n) is 16.2. The van der Waals surface area contributed by atoms with Crippen LogP contribution in [0.25, 0.3) is 10.4 Å². The molecule has 1 fully saturated rings. The van der Waals surface area contributed by atoms with Crippen LogP contribution in [0.3, 0.4) is 0 Å². The Morgan fingerprint density at radius 1 is 1.31 bits per heavy atom. The number of thiocarbonyl (C=S) groups is 1. The number of carboxylic acids is 1. The summed E-state index contributed by atoms with van der Waals surface area (Å²) in [6.07, 6.45) is 1.13. The van der Waals surface area contributed by atoms with E-state index in [1.807, 2.05) is 34.5 Å². The highest BCUT2D eigenvalue weighted by atomic mass is 32.1. The maximum atomic E-state index is 11.1. The number of nitrogens with one attached hydrogen (secondary N) is 1. The van der Waals surface area contributed by atoms with Gasteiger partial charge in [0, 0.05) is 18.5 Å². The molecule has 1 aliphatic rings. The van der Waals surface area contributed by atoms with Gasteiger partial charge < -0.3 is 19.8 Å². The van der Waals surface area contributed by atoms with E-state index in [0.717, 1.165) is 16.2 Å². The molecule has 1 saturated heterocycles. The molecule has 2 aromatic rings. The van der Waals surface area contributed by atoms with Gasteiger partial charge in [0.05, 0.1) is 29.2 Å². The van der Waals surface area contributed by atoms with Crippen LogP contribution in [0, 0.1) is 5.92 Å². The molecule has 154 valence electrons. The maximum Gasteiger partial charge on any atom is 0.306 e. The van der Waals surface area contributed by atoms with E-state index in [0.29, 0.717) is 42.3 Å². The number of aromatic hydroxyl groups is 1. The summed E-state index contributed by atoms with van der Waals surface area (Å²) < 4.78 is 5.17. The van der Waals surface area contributed by atoms with Crippen molar-refractivity contribution in [1.82, 2.24) is 10.3 Å². The molecule has 1 aromatic heterocycles. The number of benzene rings is 1. The lowest BCUT2D eigenvalue weighted by Crippen LogP contribution is -2.44. The number of nitrogens with zero attached hydrogens (tertiary/aromatic N) is 2. The Morgan fingerprint density at radius 2 is 1.97 bits per heavy atom. The summed E-state index contributed by atoms with van der Waals surface area (Å²) in [6, 6.07) is 7.49. The minimum atomic E-state index is -0.752. The first-order chi connectivity index (χ1) is 13.9. The molecule has 0 aliphatic carbocycles. The van der Waals surface area contributed by atoms with Crippen LogP contribution in [0.15, 0.2) is 34.7 Å². The van der Waals surface area contributed by atoms with Gasteiger partial charge >= 0.3 is 5.97 Å². The van der Waals surface area contributed by atoms with Crippen molar-refractivity contribution >= 4 is 40.3 Å². The monoisotopic (exact) mass is 433 g/mol. The molecule has 0 bridgehead atoms. The van der Waals surface area contributed by atoms with Gasteiger partial charge in [-0.3, -0.25) is 10.2 Å². The molecule has 3 rings (SSSR count). The van der Waals surface area contributed by atoms with Crippen molar-refractivity contribution in [2.45, 2.75) is 19.8 Å². The van der Waals surface area contributed by atoms with Gasteiger partial charge in [0.1, 0.15) is 11.5 Å². The summed E-state index contributed by atoms with van der Waals surface area (Å²) in [6.45, 7) is 2.97. The number of hydrogen-bond donors (Lipinski definition) is 3. The molecular weight excluding hydrogens is 410 g/mol. The third-order valence-electron chi connectivity index (χ3n) is 4.96. The first-order valence-corrected chi connectivity index (χ1v) is 10.5. The molecule has 1 aromatic carbocycles. The molecule has 0 saturated carbocycles. The predicted octanol–water partition coefficient (Wildman–Crippen LogP) is 3.52. The topological polar surface area (TPSA) is 94.4 Å². The van der Waals surface area contributed by atoms with Crippen molar-refractivity contribution in [2.75, 3.05) is 20.2 Å². The van der Waals surface area contributed by atoms with Crippen LogP contribution in [-0.4, -0.2) is 52.1 Å². The van der Waals surface area contributed by atoms with Crippen LogP contribution in [0.2, 0.25) is 0 Å². The number of carbonyl (C=O) groups is 1. The fourth-order valence-corrected chi connectivity index (χ4v) is 4.39. The number of carboxylic acid groups (broad SMARTS) is 1. The van der Waals surface area contributed by atoms with Crippen molar-refractivity contribution in [2.24, 2.45) is 11.0 Å². The highest BCUT2D eigenvalue weighted by molar-refractivity contribution is 7.80. The Morgan fingerprint density at radius 3 is 2.55 bits per heavy atom. The number of rotatable bonds is 5. The van der Waals surface area contributed by atoms with Crippen LogP contribution in [-0.2, 0) is 4.79 Å². The summed E-state index contributed by atoms with van der Waals surface area (Å²) in [5, 5.41) is 26.4. The second-order valence-corrected chi connectivity index (χ2v) is 8.04. The fourth-order valence-electron chi connectivity index (χ4n) is 3.15. The molecule has 29 heavy (non-hydrogen) atoms. The van der Waals surface area contributed by atoms with E-state index in [1.165, 1.54) is 11.3 Å². The number of hydrazone groups is 1. The fraction of sp³-hybridized carbons (Fsp3) is 0.350. The number of piperidine rings is 1. The second kappa shape index (κ2) is 9.23. The van der Waals surface area contributed by atoms with E-state index in [1.54, 1.807) is 14.0 Å². The SMILES string of the molecule is COc1ccc(-c2scc(/C(C)=N/NC(=S)N3CCC(C(=O)O)CC3)c2O)cc1. The van der Waals surface area contributed by atoms with Gasteiger partial charge in [0.15, 0.2) is 5.11 Å². The molecule has 3 N–H and O–H groups in total. The number of hydrogen-bond acceptors (Lipinski definition) is 6. The molecule has 0 radical (unpaired) electrons. The number of methoxy groups -OCH3 is 1. The molecular formula is C20H23N3O4S2. The lowest BCUT2D eigenvalue weighted by Gasteiger charge is -2.31. The van der Waals surface area contributed by atoms with Gasteiger partial charge in [0.2, 0.25) is 0 Å². The van der Waals surface area contributed by atoms with Crippen LogP contribution >= 0.6 is 23.6 Å². The smallest absolute Gasteiger partial charge is 0.306 e. The molecule has 1 aliphatic heterocycles. The first-order valence-electron chi connectivity index (χ1n) is 9.18. The normalized spacial score (nSPS) is 15.2. The van der Waals surface area contributed by atoms with Crippen LogP contribution < -0.4 is 10.2 Å². The first kappa shape index (κ1) is 21.1. The Kier molecular flexibility index (Phi) is 6.71. The van der Waals surface area contributed by atoms with E-state index in [4.69, 9.17) is 22.1 Å². The minimum absolute atomic E-state index is 0.177. The van der Waals surface area contributed by atoms with Crippen molar-refractivity contribution in [3.63, 3.8) is 0 Å². The Bertz CT molecular complexity index is 916. The summed E-state index contributed by atoms with van der Waals surface area (Å²) in [5.74, 6) is -0.124. The zero-order chi connectivity index (χ0) is 21.0. The number of likely N-dealkylation sites (tertiary alicyclic amines) is 1. The predicted molar refractivity (Wildman–Crippen MR) is 118 cm³/mol. The minimum Gasteiger partial charge on any atom is -0.506 e. The zero-order valence-corrected chi connectivity index (χ0v) is 17.8. The van der Waals surface area contributed by atoms with E-state index < -0.39 is 5.97 Å². The summed E-state index contributed by atoms with van der Waals surface area (Å²) in [7, 11) is 1.61. The summed E-state index contributed by atoms with van der Waals surface area (Å²) in [5.41, 5.74) is 5.01. The average molecular weight is 434 g/mol. The van der Waals surface area contributed by atoms with E-state index >= 15 is 0 Å². The van der Waals surface area contributed by atoms with Crippen LogP contribution in [0.4, 0.5) is 0 Å². The molecule has 0 spiro atoms. The van der Waals surface area contributed by atoms with Gasteiger partial charge in [-0.05, 0) is 61.8 Å². The summed E-state index contributed by atoms with van der Waals surface area (Å²) >= 11 is 6.81. The Hall–Kier alpha value is -2.65. The quantitative estimate of drug-likeness (QED) is 0.377. The lowest BCUT2D eigenvalue weighted by molar-refractivity contribution is -0.143. The number of thiophene rings is 1.